The molecule has 2 N–H and O–H groups in total. The second kappa shape index (κ2) is 6.86. The monoisotopic (exact) mass is 400 g/mol. The van der Waals surface area contributed by atoms with E-state index in [9.17, 15) is 17.6 Å². The van der Waals surface area contributed by atoms with Gasteiger partial charge in [-0.15, -0.1) is 11.8 Å². The highest BCUT2D eigenvalue weighted by atomic mass is 35.5. The molecule has 0 aliphatic carbocycles. The van der Waals surface area contributed by atoms with Gasteiger partial charge in [0.05, 0.1) is 21.3 Å². The van der Waals surface area contributed by atoms with Crippen LogP contribution in [0.5, 0.6) is 0 Å². The Labute approximate surface area is 154 Å². The molecule has 0 aromatic heterocycles. The minimum atomic E-state index is -3.94. The lowest BCUT2D eigenvalue weighted by molar-refractivity contribution is -0.118. The number of carbonyl (C=O) groups is 1. The molecule has 1 atom stereocenters. The predicted octanol–water partition coefficient (Wildman–Crippen LogP) is 3.96. The van der Waals surface area contributed by atoms with E-state index in [4.69, 9.17) is 11.6 Å². The molecule has 5 nitrogen and oxygen atoms in total. The first-order valence-corrected chi connectivity index (χ1v) is 10.2. The fourth-order valence-corrected chi connectivity index (χ4v) is 4.61. The molecule has 0 unspecified atom stereocenters. The third-order valence-corrected chi connectivity index (χ3v) is 6.64. The lowest BCUT2D eigenvalue weighted by atomic mass is 10.2. The summed E-state index contributed by atoms with van der Waals surface area (Å²) in [5.74, 6) is -0.273. The van der Waals surface area contributed by atoms with Gasteiger partial charge in [-0.2, -0.15) is 0 Å². The van der Waals surface area contributed by atoms with Gasteiger partial charge in [0, 0.05) is 16.6 Å². The molecule has 1 aliphatic heterocycles. The standard InChI is InChI=1S/C16H14ClFN2O3S2/c1-9-8-24-15-5-3-11(7-14(15)19-16(9)21)25(22,23)20-13-4-2-10(18)6-12(13)17/h2-7,9,20H,8H2,1H3,(H,19,21)/t9-/m1/s1. The van der Waals surface area contributed by atoms with E-state index in [0.29, 0.717) is 11.4 Å². The maximum Gasteiger partial charge on any atom is 0.262 e. The molecule has 1 aliphatic rings. The fourth-order valence-electron chi connectivity index (χ4n) is 2.22. The van der Waals surface area contributed by atoms with Gasteiger partial charge >= 0.3 is 0 Å². The molecular weight excluding hydrogens is 387 g/mol. The highest BCUT2D eigenvalue weighted by Crippen LogP contribution is 2.34. The molecule has 1 amide bonds. The number of nitrogens with one attached hydrogen (secondary N) is 2. The van der Waals surface area contributed by atoms with Crippen LogP contribution in [-0.4, -0.2) is 20.1 Å². The lowest BCUT2D eigenvalue weighted by Crippen LogP contribution is -2.20. The predicted molar refractivity (Wildman–Crippen MR) is 97.2 cm³/mol. The summed E-state index contributed by atoms with van der Waals surface area (Å²) in [7, 11) is -3.94. The number of sulfonamides is 1. The number of rotatable bonds is 3. The number of hydrogen-bond donors (Lipinski definition) is 2. The quantitative estimate of drug-likeness (QED) is 0.817. The molecule has 2 aromatic rings. The number of anilines is 2. The molecule has 0 saturated heterocycles. The van der Waals surface area contributed by atoms with E-state index in [1.807, 2.05) is 6.92 Å². The van der Waals surface area contributed by atoms with E-state index in [1.165, 1.54) is 30.0 Å². The van der Waals surface area contributed by atoms with Crippen molar-refractivity contribution in [3.05, 3.63) is 47.2 Å². The summed E-state index contributed by atoms with van der Waals surface area (Å²) >= 11 is 7.36. The van der Waals surface area contributed by atoms with E-state index >= 15 is 0 Å². The summed E-state index contributed by atoms with van der Waals surface area (Å²) in [6.45, 7) is 1.81. The summed E-state index contributed by atoms with van der Waals surface area (Å²) in [5.41, 5.74) is 0.525. The minimum Gasteiger partial charge on any atom is -0.325 e. The van der Waals surface area contributed by atoms with Crippen LogP contribution in [0, 0.1) is 11.7 Å². The van der Waals surface area contributed by atoms with Crippen molar-refractivity contribution >= 4 is 50.7 Å². The number of fused-ring (bicyclic) bond motifs is 1. The first kappa shape index (κ1) is 18.0. The van der Waals surface area contributed by atoms with Crippen molar-refractivity contribution in [2.45, 2.75) is 16.7 Å². The summed E-state index contributed by atoms with van der Waals surface area (Å²) in [5, 5.41) is 2.69. The van der Waals surface area contributed by atoms with E-state index in [0.717, 1.165) is 17.0 Å². The molecule has 0 fully saturated rings. The average Bonchev–Trinajstić information content (AvgIpc) is 2.69. The first-order valence-electron chi connectivity index (χ1n) is 7.32. The molecule has 132 valence electrons. The van der Waals surface area contributed by atoms with Crippen LogP contribution in [0.15, 0.2) is 46.2 Å². The smallest absolute Gasteiger partial charge is 0.262 e. The average molecular weight is 401 g/mol. The maximum absolute atomic E-state index is 13.1. The lowest BCUT2D eigenvalue weighted by Gasteiger charge is -2.12. The number of hydrogen-bond acceptors (Lipinski definition) is 4. The number of thioether (sulfide) groups is 1. The van der Waals surface area contributed by atoms with Crippen LogP contribution in [0.25, 0.3) is 0 Å². The van der Waals surface area contributed by atoms with Gasteiger partial charge in [0.2, 0.25) is 5.91 Å². The Morgan fingerprint density at radius 2 is 2.04 bits per heavy atom. The van der Waals surface area contributed by atoms with Gasteiger partial charge in [0.15, 0.2) is 0 Å². The van der Waals surface area contributed by atoms with Gasteiger partial charge in [-0.05, 0) is 36.4 Å². The summed E-state index contributed by atoms with van der Waals surface area (Å²) in [4.78, 5) is 12.7. The van der Waals surface area contributed by atoms with Crippen molar-refractivity contribution in [1.29, 1.82) is 0 Å². The van der Waals surface area contributed by atoms with Crippen LogP contribution in [0.2, 0.25) is 5.02 Å². The van der Waals surface area contributed by atoms with Crippen LogP contribution in [-0.2, 0) is 14.8 Å². The Kier molecular flexibility index (Phi) is 4.95. The van der Waals surface area contributed by atoms with Gasteiger partial charge in [0.25, 0.3) is 10.0 Å². The summed E-state index contributed by atoms with van der Waals surface area (Å²) < 4.78 is 40.6. The van der Waals surface area contributed by atoms with Crippen molar-refractivity contribution in [3.63, 3.8) is 0 Å². The zero-order valence-corrected chi connectivity index (χ0v) is 15.4. The Bertz CT molecular complexity index is 950. The zero-order chi connectivity index (χ0) is 18.2. The van der Waals surface area contributed by atoms with Crippen molar-refractivity contribution in [2.24, 2.45) is 5.92 Å². The summed E-state index contributed by atoms with van der Waals surface area (Å²) in [6, 6.07) is 7.89. The number of amides is 1. The first-order chi connectivity index (χ1) is 11.8. The Morgan fingerprint density at radius 3 is 2.76 bits per heavy atom. The van der Waals surface area contributed by atoms with Gasteiger partial charge < -0.3 is 5.32 Å². The fraction of sp³-hybridized carbons (Fsp3) is 0.188. The Morgan fingerprint density at radius 1 is 1.28 bits per heavy atom. The highest BCUT2D eigenvalue weighted by molar-refractivity contribution is 7.99. The van der Waals surface area contributed by atoms with Crippen LogP contribution < -0.4 is 10.0 Å². The normalized spacial score (nSPS) is 17.4. The zero-order valence-electron chi connectivity index (χ0n) is 13.0. The van der Waals surface area contributed by atoms with Gasteiger partial charge in [-0.25, -0.2) is 12.8 Å². The topological polar surface area (TPSA) is 75.3 Å². The van der Waals surface area contributed by atoms with Crippen molar-refractivity contribution in [3.8, 4) is 0 Å². The van der Waals surface area contributed by atoms with Crippen molar-refractivity contribution in [1.82, 2.24) is 0 Å². The summed E-state index contributed by atoms with van der Waals surface area (Å²) in [6.07, 6.45) is 0. The number of benzene rings is 2. The molecule has 0 saturated carbocycles. The molecule has 0 spiro atoms. The minimum absolute atomic E-state index is 0.0258. The third kappa shape index (κ3) is 3.91. The van der Waals surface area contributed by atoms with Crippen LogP contribution in [0.4, 0.5) is 15.8 Å². The largest absolute Gasteiger partial charge is 0.325 e. The van der Waals surface area contributed by atoms with Crippen LogP contribution in [0.1, 0.15) is 6.92 Å². The molecule has 25 heavy (non-hydrogen) atoms. The molecule has 0 bridgehead atoms. The Hall–Kier alpha value is -1.77. The highest BCUT2D eigenvalue weighted by Gasteiger charge is 2.23. The van der Waals surface area contributed by atoms with Crippen LogP contribution in [0.3, 0.4) is 0 Å². The van der Waals surface area contributed by atoms with E-state index in [1.54, 1.807) is 6.07 Å². The molecule has 9 heteroatoms. The molecule has 1 heterocycles. The molecule has 2 aromatic carbocycles. The molecular formula is C16H14ClFN2O3S2. The van der Waals surface area contributed by atoms with E-state index in [-0.39, 0.29) is 27.4 Å². The molecule has 0 radical (unpaired) electrons. The number of carbonyl (C=O) groups excluding carboxylic acids is 1. The third-order valence-electron chi connectivity index (χ3n) is 3.63. The van der Waals surface area contributed by atoms with Crippen molar-refractivity contribution in [2.75, 3.05) is 15.8 Å². The SMILES string of the molecule is C[C@@H]1CSc2ccc(S(=O)(=O)Nc3ccc(F)cc3Cl)cc2NC1=O. The second-order valence-corrected chi connectivity index (χ2v) is 8.74. The van der Waals surface area contributed by atoms with Gasteiger partial charge in [0.1, 0.15) is 5.82 Å². The van der Waals surface area contributed by atoms with Gasteiger partial charge in [-0.3, -0.25) is 9.52 Å². The van der Waals surface area contributed by atoms with Gasteiger partial charge in [-0.1, -0.05) is 18.5 Å². The maximum atomic E-state index is 13.1. The van der Waals surface area contributed by atoms with Crippen molar-refractivity contribution < 1.29 is 17.6 Å². The number of halogens is 2. The molecule has 3 rings (SSSR count). The Balaban J connectivity index is 1.93. The second-order valence-electron chi connectivity index (χ2n) is 5.59. The van der Waals surface area contributed by atoms with E-state index in [2.05, 4.69) is 10.0 Å². The van der Waals surface area contributed by atoms with E-state index < -0.39 is 15.8 Å². The van der Waals surface area contributed by atoms with Crippen LogP contribution >= 0.6 is 23.4 Å².